The molecule has 0 rings (SSSR count). The lowest BCUT2D eigenvalue weighted by Crippen LogP contribution is -2.45. The Hall–Kier alpha value is -1.39. The number of hydrogen-bond donors (Lipinski definition) is 3. The van der Waals surface area contributed by atoms with Gasteiger partial charge in [0, 0.05) is 6.42 Å². The number of aliphatic hydroxyl groups excluding tert-OH is 2. The molecule has 0 heterocycles. The molecule has 4 nitrogen and oxygen atoms in total. The van der Waals surface area contributed by atoms with Gasteiger partial charge in [0.25, 0.3) is 0 Å². The zero-order valence-corrected chi connectivity index (χ0v) is 23.8. The van der Waals surface area contributed by atoms with Gasteiger partial charge < -0.3 is 15.5 Å². The molecule has 0 aliphatic rings. The molecule has 0 fully saturated rings. The first-order valence-corrected chi connectivity index (χ1v) is 15.2. The number of aliphatic hydroxyl groups is 2. The molecule has 0 aliphatic heterocycles. The van der Waals surface area contributed by atoms with E-state index in [1.165, 1.54) is 77.0 Å². The molecule has 1 amide bonds. The third-order valence-corrected chi connectivity index (χ3v) is 6.60. The fraction of sp³-hybridized carbons (Fsp3) is 0.781. The van der Waals surface area contributed by atoms with Gasteiger partial charge in [-0.2, -0.15) is 0 Å². The largest absolute Gasteiger partial charge is 0.394 e. The monoisotopic (exact) mass is 505 g/mol. The minimum Gasteiger partial charge on any atom is -0.394 e. The standard InChI is InChI=1S/C32H59NO3/c1-3-5-7-8-9-10-11-12-13-14-15-16-17-18-19-20-21-22-23-24-26-27-31(35)30(29-34)33-32(36)28-25-6-4-2/h17-18,21-22,26-27,30-31,34-35H,3-16,19-20,23-25,28-29H2,1-2H3,(H,33,36)/b18-17+,22-21+,27-26+. The van der Waals surface area contributed by atoms with Crippen LogP contribution in [-0.2, 0) is 4.79 Å². The van der Waals surface area contributed by atoms with Crippen LogP contribution in [0.3, 0.4) is 0 Å². The number of nitrogens with one attached hydrogen (secondary N) is 1. The van der Waals surface area contributed by atoms with Crippen LogP contribution in [0, 0.1) is 0 Å². The van der Waals surface area contributed by atoms with Gasteiger partial charge in [0.15, 0.2) is 0 Å². The Kier molecular flexibility index (Phi) is 27.1. The molecule has 0 aromatic rings. The molecule has 2 unspecified atom stereocenters. The second-order valence-corrected chi connectivity index (χ2v) is 10.2. The van der Waals surface area contributed by atoms with E-state index in [1.807, 2.05) is 6.08 Å². The van der Waals surface area contributed by atoms with Gasteiger partial charge in [0.05, 0.1) is 18.8 Å². The first-order valence-electron chi connectivity index (χ1n) is 15.2. The number of rotatable bonds is 26. The lowest BCUT2D eigenvalue weighted by atomic mass is 10.1. The molecule has 0 radical (unpaired) electrons. The highest BCUT2D eigenvalue weighted by molar-refractivity contribution is 5.76. The van der Waals surface area contributed by atoms with Crippen molar-refractivity contribution in [3.05, 3.63) is 36.5 Å². The van der Waals surface area contributed by atoms with Gasteiger partial charge in [0.1, 0.15) is 0 Å². The van der Waals surface area contributed by atoms with Crippen molar-refractivity contribution in [1.29, 1.82) is 0 Å². The third-order valence-electron chi connectivity index (χ3n) is 6.60. The first kappa shape index (κ1) is 34.6. The van der Waals surface area contributed by atoms with Crippen molar-refractivity contribution in [2.24, 2.45) is 0 Å². The second-order valence-electron chi connectivity index (χ2n) is 10.2. The van der Waals surface area contributed by atoms with Gasteiger partial charge in [-0.15, -0.1) is 0 Å². The van der Waals surface area contributed by atoms with Crippen LogP contribution in [-0.4, -0.2) is 34.9 Å². The number of allylic oxidation sites excluding steroid dienone is 5. The number of hydrogen-bond acceptors (Lipinski definition) is 3. The predicted molar refractivity (Wildman–Crippen MR) is 156 cm³/mol. The molecule has 2 atom stereocenters. The normalized spacial score (nSPS) is 13.8. The van der Waals surface area contributed by atoms with Crippen LogP contribution in [0.4, 0.5) is 0 Å². The summed E-state index contributed by atoms with van der Waals surface area (Å²) in [6.45, 7) is 4.11. The SMILES string of the molecule is CCCCCCCCCCCCC/C=C/CC/C=C/CC/C=C/C(O)C(CO)NC(=O)CCCCC. The average Bonchev–Trinajstić information content (AvgIpc) is 2.88. The van der Waals surface area contributed by atoms with Crippen molar-refractivity contribution < 1.29 is 15.0 Å². The molecule has 0 spiro atoms. The van der Waals surface area contributed by atoms with E-state index in [1.54, 1.807) is 6.08 Å². The summed E-state index contributed by atoms with van der Waals surface area (Å²) in [4.78, 5) is 11.9. The maximum absolute atomic E-state index is 11.9. The Morgan fingerprint density at radius 2 is 1.08 bits per heavy atom. The Labute approximate surface area is 223 Å². The van der Waals surface area contributed by atoms with Crippen molar-refractivity contribution in [1.82, 2.24) is 5.32 Å². The van der Waals surface area contributed by atoms with Gasteiger partial charge in [0.2, 0.25) is 5.91 Å². The molecule has 0 bridgehead atoms. The quantitative estimate of drug-likeness (QED) is 0.0817. The summed E-state index contributed by atoms with van der Waals surface area (Å²) < 4.78 is 0. The highest BCUT2D eigenvalue weighted by atomic mass is 16.3. The summed E-state index contributed by atoms with van der Waals surface area (Å²) >= 11 is 0. The van der Waals surface area contributed by atoms with E-state index in [0.717, 1.165) is 44.9 Å². The highest BCUT2D eigenvalue weighted by Gasteiger charge is 2.17. The van der Waals surface area contributed by atoms with Gasteiger partial charge in [-0.3, -0.25) is 4.79 Å². The molecule has 0 saturated heterocycles. The Bertz CT molecular complexity index is 556. The number of carbonyl (C=O) groups is 1. The maximum atomic E-state index is 11.9. The third kappa shape index (κ3) is 24.3. The number of amides is 1. The molecular formula is C32H59NO3. The number of unbranched alkanes of at least 4 members (excludes halogenated alkanes) is 15. The molecule has 210 valence electrons. The number of carbonyl (C=O) groups excluding carboxylic acids is 1. The average molecular weight is 506 g/mol. The Balaban J connectivity index is 3.62. The van der Waals surface area contributed by atoms with Gasteiger partial charge in [-0.1, -0.05) is 127 Å². The zero-order chi connectivity index (χ0) is 26.5. The van der Waals surface area contributed by atoms with Gasteiger partial charge in [-0.05, 0) is 44.9 Å². The van der Waals surface area contributed by atoms with Crippen molar-refractivity contribution in [2.75, 3.05) is 6.61 Å². The van der Waals surface area contributed by atoms with E-state index >= 15 is 0 Å². The van der Waals surface area contributed by atoms with Gasteiger partial charge in [-0.25, -0.2) is 0 Å². The van der Waals surface area contributed by atoms with E-state index in [-0.39, 0.29) is 12.5 Å². The molecule has 0 aromatic heterocycles. The van der Waals surface area contributed by atoms with Crippen LogP contribution in [0.15, 0.2) is 36.5 Å². The van der Waals surface area contributed by atoms with Crippen LogP contribution in [0.2, 0.25) is 0 Å². The molecular weight excluding hydrogens is 446 g/mol. The lowest BCUT2D eigenvalue weighted by molar-refractivity contribution is -0.123. The smallest absolute Gasteiger partial charge is 0.220 e. The Morgan fingerprint density at radius 1 is 0.639 bits per heavy atom. The zero-order valence-electron chi connectivity index (χ0n) is 23.8. The van der Waals surface area contributed by atoms with E-state index in [4.69, 9.17) is 0 Å². The van der Waals surface area contributed by atoms with Crippen LogP contribution in [0.1, 0.15) is 142 Å². The van der Waals surface area contributed by atoms with E-state index in [2.05, 4.69) is 43.5 Å². The fourth-order valence-corrected chi connectivity index (χ4v) is 4.21. The van der Waals surface area contributed by atoms with E-state index in [0.29, 0.717) is 6.42 Å². The summed E-state index contributed by atoms with van der Waals surface area (Å²) in [7, 11) is 0. The second kappa shape index (κ2) is 28.2. The molecule has 4 heteroatoms. The first-order chi connectivity index (χ1) is 17.7. The van der Waals surface area contributed by atoms with Crippen molar-refractivity contribution in [3.8, 4) is 0 Å². The predicted octanol–water partition coefficient (Wildman–Crippen LogP) is 8.33. The minimum absolute atomic E-state index is 0.106. The van der Waals surface area contributed by atoms with Crippen molar-refractivity contribution >= 4 is 5.91 Å². The molecule has 3 N–H and O–H groups in total. The van der Waals surface area contributed by atoms with Crippen LogP contribution < -0.4 is 5.32 Å². The molecule has 0 aliphatic carbocycles. The van der Waals surface area contributed by atoms with Crippen LogP contribution >= 0.6 is 0 Å². The fourth-order valence-electron chi connectivity index (χ4n) is 4.21. The van der Waals surface area contributed by atoms with Crippen LogP contribution in [0.5, 0.6) is 0 Å². The minimum atomic E-state index is -0.862. The van der Waals surface area contributed by atoms with Gasteiger partial charge >= 0.3 is 0 Å². The summed E-state index contributed by atoms with van der Waals surface area (Å²) in [6.07, 6.45) is 35.7. The Morgan fingerprint density at radius 3 is 1.61 bits per heavy atom. The van der Waals surface area contributed by atoms with Crippen molar-refractivity contribution in [3.63, 3.8) is 0 Å². The van der Waals surface area contributed by atoms with E-state index in [9.17, 15) is 15.0 Å². The molecule has 36 heavy (non-hydrogen) atoms. The summed E-state index contributed by atoms with van der Waals surface area (Å²) in [5, 5.41) is 22.4. The van der Waals surface area contributed by atoms with Crippen LogP contribution in [0.25, 0.3) is 0 Å². The maximum Gasteiger partial charge on any atom is 0.220 e. The summed E-state index contributed by atoms with van der Waals surface area (Å²) in [5.74, 6) is -0.106. The summed E-state index contributed by atoms with van der Waals surface area (Å²) in [6, 6.07) is -0.636. The molecule has 0 saturated carbocycles. The summed E-state index contributed by atoms with van der Waals surface area (Å²) in [5.41, 5.74) is 0. The van der Waals surface area contributed by atoms with Crippen molar-refractivity contribution in [2.45, 2.75) is 154 Å². The topological polar surface area (TPSA) is 69.6 Å². The highest BCUT2D eigenvalue weighted by Crippen LogP contribution is 2.12. The van der Waals surface area contributed by atoms with E-state index < -0.39 is 12.1 Å². The lowest BCUT2D eigenvalue weighted by Gasteiger charge is -2.19. The molecule has 0 aromatic carbocycles.